The number of phenols is 1. The maximum Gasteiger partial charge on any atom is 0.137 e. The molecule has 0 atom stereocenters. The second-order valence-electron chi connectivity index (χ2n) is 3.07. The lowest BCUT2D eigenvalue weighted by Crippen LogP contribution is -1.80. The van der Waals surface area contributed by atoms with Gasteiger partial charge in [-0.1, -0.05) is 24.3 Å². The average molecular weight is 237 g/mol. The molecule has 2 aromatic rings. The van der Waals surface area contributed by atoms with Gasteiger partial charge in [0, 0.05) is 5.39 Å². The SMILES string of the molecule is Cc1cc(Br)c(O)c2ccccc12. The largest absolute Gasteiger partial charge is 0.506 e. The summed E-state index contributed by atoms with van der Waals surface area (Å²) in [7, 11) is 0. The quantitative estimate of drug-likeness (QED) is 0.741. The van der Waals surface area contributed by atoms with E-state index in [0.717, 1.165) is 15.2 Å². The second kappa shape index (κ2) is 3.04. The molecule has 0 spiro atoms. The molecule has 1 nitrogen and oxygen atoms in total. The van der Waals surface area contributed by atoms with Crippen molar-refractivity contribution in [1.82, 2.24) is 0 Å². The van der Waals surface area contributed by atoms with Crippen LogP contribution in [0.2, 0.25) is 0 Å². The summed E-state index contributed by atoms with van der Waals surface area (Å²) in [5.74, 6) is 0.321. The van der Waals surface area contributed by atoms with Gasteiger partial charge in [0.1, 0.15) is 5.75 Å². The highest BCUT2D eigenvalue weighted by Crippen LogP contribution is 2.34. The molecule has 13 heavy (non-hydrogen) atoms. The summed E-state index contributed by atoms with van der Waals surface area (Å²) in [5.41, 5.74) is 1.17. The van der Waals surface area contributed by atoms with Crippen molar-refractivity contribution in [1.29, 1.82) is 0 Å². The number of hydrogen-bond acceptors (Lipinski definition) is 1. The molecule has 1 N–H and O–H groups in total. The van der Waals surface area contributed by atoms with Crippen LogP contribution in [0.5, 0.6) is 5.75 Å². The molecule has 0 aliphatic carbocycles. The van der Waals surface area contributed by atoms with Crippen LogP contribution in [0.1, 0.15) is 5.56 Å². The zero-order chi connectivity index (χ0) is 9.42. The highest BCUT2D eigenvalue weighted by Gasteiger charge is 2.05. The number of phenolic OH excluding ortho intramolecular Hbond substituents is 1. The van der Waals surface area contributed by atoms with Gasteiger partial charge in [0.25, 0.3) is 0 Å². The number of halogens is 1. The van der Waals surface area contributed by atoms with Crippen molar-refractivity contribution < 1.29 is 5.11 Å². The number of rotatable bonds is 0. The van der Waals surface area contributed by atoms with Crippen molar-refractivity contribution >= 4 is 26.7 Å². The van der Waals surface area contributed by atoms with E-state index in [1.807, 2.05) is 37.3 Å². The molecule has 0 saturated carbocycles. The summed E-state index contributed by atoms with van der Waals surface area (Å²) in [6.45, 7) is 2.03. The second-order valence-corrected chi connectivity index (χ2v) is 3.92. The molecule has 0 amide bonds. The van der Waals surface area contributed by atoms with Crippen molar-refractivity contribution in [3.8, 4) is 5.75 Å². The molecule has 0 bridgehead atoms. The van der Waals surface area contributed by atoms with Gasteiger partial charge in [-0.2, -0.15) is 0 Å². The molecule has 0 saturated heterocycles. The number of benzene rings is 2. The Hall–Kier alpha value is -1.02. The smallest absolute Gasteiger partial charge is 0.137 e. The fourth-order valence-electron chi connectivity index (χ4n) is 1.50. The van der Waals surface area contributed by atoms with Gasteiger partial charge < -0.3 is 5.11 Å². The van der Waals surface area contributed by atoms with Gasteiger partial charge in [-0.25, -0.2) is 0 Å². The van der Waals surface area contributed by atoms with Crippen LogP contribution in [0.4, 0.5) is 0 Å². The maximum atomic E-state index is 9.74. The molecular formula is C11H9BrO. The Balaban J connectivity index is 2.97. The maximum absolute atomic E-state index is 9.74. The first-order valence-corrected chi connectivity index (χ1v) is 4.86. The van der Waals surface area contributed by atoms with E-state index in [1.165, 1.54) is 5.56 Å². The molecule has 0 aliphatic heterocycles. The Morgan fingerprint density at radius 3 is 2.46 bits per heavy atom. The highest BCUT2D eigenvalue weighted by molar-refractivity contribution is 9.10. The van der Waals surface area contributed by atoms with Crippen LogP contribution in [0.3, 0.4) is 0 Å². The van der Waals surface area contributed by atoms with Crippen LogP contribution in [0.15, 0.2) is 34.8 Å². The van der Waals surface area contributed by atoms with E-state index >= 15 is 0 Å². The minimum Gasteiger partial charge on any atom is -0.506 e. The standard InChI is InChI=1S/C11H9BrO/c1-7-6-10(12)11(13)9-5-3-2-4-8(7)9/h2-6,13H,1H3. The third-order valence-electron chi connectivity index (χ3n) is 2.18. The van der Waals surface area contributed by atoms with Crippen LogP contribution in [0, 0.1) is 6.92 Å². The van der Waals surface area contributed by atoms with Gasteiger partial charge in [0.2, 0.25) is 0 Å². The van der Waals surface area contributed by atoms with Crippen LogP contribution in [-0.4, -0.2) is 5.11 Å². The Morgan fingerprint density at radius 1 is 1.15 bits per heavy atom. The van der Waals surface area contributed by atoms with Crippen LogP contribution in [0.25, 0.3) is 10.8 Å². The van der Waals surface area contributed by atoms with Crippen molar-refractivity contribution in [3.63, 3.8) is 0 Å². The summed E-state index contributed by atoms with van der Waals surface area (Å²) < 4.78 is 0.753. The molecule has 0 aliphatic rings. The summed E-state index contributed by atoms with van der Waals surface area (Å²) in [6, 6.07) is 9.76. The lowest BCUT2D eigenvalue weighted by Gasteiger charge is -2.05. The Bertz CT molecular complexity index is 463. The lowest BCUT2D eigenvalue weighted by molar-refractivity contribution is 0.478. The number of fused-ring (bicyclic) bond motifs is 1. The predicted molar refractivity (Wildman–Crippen MR) is 58.0 cm³/mol. The summed E-state index contributed by atoms with van der Waals surface area (Å²) >= 11 is 3.32. The Labute approximate surface area is 85.1 Å². The van der Waals surface area contributed by atoms with Crippen molar-refractivity contribution in [2.24, 2.45) is 0 Å². The molecule has 0 unspecified atom stereocenters. The monoisotopic (exact) mass is 236 g/mol. The average Bonchev–Trinajstić information content (AvgIpc) is 2.15. The Morgan fingerprint density at radius 2 is 1.77 bits per heavy atom. The van der Waals surface area contributed by atoms with E-state index in [2.05, 4.69) is 15.9 Å². The third-order valence-corrected chi connectivity index (χ3v) is 2.78. The van der Waals surface area contributed by atoms with Crippen LogP contribution < -0.4 is 0 Å². The van der Waals surface area contributed by atoms with Gasteiger partial charge in [-0.15, -0.1) is 0 Å². The topological polar surface area (TPSA) is 20.2 Å². The molecule has 2 aromatic carbocycles. The number of aryl methyl sites for hydroxylation is 1. The van der Waals surface area contributed by atoms with Crippen LogP contribution >= 0.6 is 15.9 Å². The zero-order valence-electron chi connectivity index (χ0n) is 7.21. The number of hydrogen-bond donors (Lipinski definition) is 1. The minimum absolute atomic E-state index is 0.321. The molecule has 0 heterocycles. The summed E-state index contributed by atoms with van der Waals surface area (Å²) in [4.78, 5) is 0. The van der Waals surface area contributed by atoms with E-state index in [1.54, 1.807) is 0 Å². The number of aromatic hydroxyl groups is 1. The molecule has 2 rings (SSSR count). The normalized spacial score (nSPS) is 10.6. The van der Waals surface area contributed by atoms with Gasteiger partial charge in [-0.3, -0.25) is 0 Å². The van der Waals surface area contributed by atoms with E-state index in [0.29, 0.717) is 5.75 Å². The Kier molecular flexibility index (Phi) is 2.00. The fraction of sp³-hybridized carbons (Fsp3) is 0.0909. The first kappa shape index (κ1) is 8.57. The van der Waals surface area contributed by atoms with Crippen molar-refractivity contribution in [2.75, 3.05) is 0 Å². The highest BCUT2D eigenvalue weighted by atomic mass is 79.9. The zero-order valence-corrected chi connectivity index (χ0v) is 8.80. The third kappa shape index (κ3) is 1.31. The summed E-state index contributed by atoms with van der Waals surface area (Å²) in [6.07, 6.45) is 0. The van der Waals surface area contributed by atoms with E-state index in [4.69, 9.17) is 0 Å². The predicted octanol–water partition coefficient (Wildman–Crippen LogP) is 3.62. The van der Waals surface area contributed by atoms with Crippen molar-refractivity contribution in [3.05, 3.63) is 40.4 Å². The molecular weight excluding hydrogens is 228 g/mol. The van der Waals surface area contributed by atoms with E-state index in [9.17, 15) is 5.11 Å². The molecule has 0 radical (unpaired) electrons. The van der Waals surface area contributed by atoms with Crippen LogP contribution in [-0.2, 0) is 0 Å². The fourth-order valence-corrected chi connectivity index (χ4v) is 2.06. The summed E-state index contributed by atoms with van der Waals surface area (Å²) in [5, 5.41) is 11.7. The van der Waals surface area contributed by atoms with Gasteiger partial charge >= 0.3 is 0 Å². The van der Waals surface area contributed by atoms with Gasteiger partial charge in [0.05, 0.1) is 4.47 Å². The molecule has 0 aromatic heterocycles. The molecule has 2 heteroatoms. The lowest BCUT2D eigenvalue weighted by atomic mass is 10.1. The first-order chi connectivity index (χ1) is 6.20. The van der Waals surface area contributed by atoms with Gasteiger partial charge in [0.15, 0.2) is 0 Å². The molecule has 66 valence electrons. The van der Waals surface area contributed by atoms with Crippen molar-refractivity contribution in [2.45, 2.75) is 6.92 Å². The van der Waals surface area contributed by atoms with E-state index in [-0.39, 0.29) is 0 Å². The molecule has 0 fully saturated rings. The van der Waals surface area contributed by atoms with E-state index < -0.39 is 0 Å². The minimum atomic E-state index is 0.321. The first-order valence-electron chi connectivity index (χ1n) is 4.07. The van der Waals surface area contributed by atoms with Gasteiger partial charge in [-0.05, 0) is 39.9 Å².